The standard InChI is InChI=1S/C20H31N3O2/c1-6-22(14-15-10-8-7-9-11-15)17(24)18(25)23-19(2,3)12-16(21)13-20(23,4)5/h7-11,16H,6,12-14,21H2,1-5H3. The highest BCUT2D eigenvalue weighted by Crippen LogP contribution is 2.38. The van der Waals surface area contributed by atoms with Gasteiger partial charge in [-0.3, -0.25) is 9.59 Å². The highest BCUT2D eigenvalue weighted by atomic mass is 16.2. The van der Waals surface area contributed by atoms with E-state index in [1.165, 1.54) is 0 Å². The Morgan fingerprint density at radius 2 is 1.64 bits per heavy atom. The van der Waals surface area contributed by atoms with Crippen molar-refractivity contribution in [3.05, 3.63) is 35.9 Å². The van der Waals surface area contributed by atoms with Gasteiger partial charge in [0.15, 0.2) is 0 Å². The molecule has 0 aliphatic carbocycles. The second-order valence-corrected chi connectivity index (χ2v) is 8.24. The van der Waals surface area contributed by atoms with Crippen molar-refractivity contribution in [1.82, 2.24) is 9.80 Å². The monoisotopic (exact) mass is 345 g/mol. The molecule has 0 spiro atoms. The number of hydrogen-bond acceptors (Lipinski definition) is 3. The van der Waals surface area contributed by atoms with E-state index in [0.29, 0.717) is 25.9 Å². The average Bonchev–Trinajstić information content (AvgIpc) is 2.50. The Hall–Kier alpha value is -1.88. The van der Waals surface area contributed by atoms with Gasteiger partial charge < -0.3 is 15.5 Å². The first kappa shape index (κ1) is 19.4. The number of hydrogen-bond donors (Lipinski definition) is 1. The molecule has 0 unspecified atom stereocenters. The summed E-state index contributed by atoms with van der Waals surface area (Å²) in [6.07, 6.45) is 1.39. The molecule has 1 aromatic carbocycles. The zero-order chi connectivity index (χ0) is 18.8. The van der Waals surface area contributed by atoms with Crippen LogP contribution >= 0.6 is 0 Å². The van der Waals surface area contributed by atoms with Crippen LogP contribution in [-0.4, -0.2) is 45.3 Å². The molecule has 1 aliphatic rings. The van der Waals surface area contributed by atoms with Gasteiger partial charge in [-0.25, -0.2) is 0 Å². The lowest BCUT2D eigenvalue weighted by atomic mass is 9.77. The fourth-order valence-corrected chi connectivity index (χ4v) is 4.27. The van der Waals surface area contributed by atoms with E-state index in [2.05, 4.69) is 0 Å². The summed E-state index contributed by atoms with van der Waals surface area (Å²) in [6, 6.07) is 9.79. The summed E-state index contributed by atoms with van der Waals surface area (Å²) in [4.78, 5) is 29.4. The van der Waals surface area contributed by atoms with Crippen LogP contribution in [0.5, 0.6) is 0 Å². The van der Waals surface area contributed by atoms with E-state index < -0.39 is 22.9 Å². The van der Waals surface area contributed by atoms with Crippen LogP contribution in [0.1, 0.15) is 53.0 Å². The van der Waals surface area contributed by atoms with E-state index in [4.69, 9.17) is 5.73 Å². The number of carbonyl (C=O) groups is 2. The molecule has 1 heterocycles. The number of rotatable bonds is 3. The minimum absolute atomic E-state index is 0.0377. The van der Waals surface area contributed by atoms with Crippen molar-refractivity contribution in [2.75, 3.05) is 6.54 Å². The third kappa shape index (κ3) is 4.21. The summed E-state index contributed by atoms with van der Waals surface area (Å²) in [5.74, 6) is -0.873. The van der Waals surface area contributed by atoms with Gasteiger partial charge in [0.1, 0.15) is 0 Å². The Morgan fingerprint density at radius 1 is 1.12 bits per heavy atom. The molecular weight excluding hydrogens is 314 g/mol. The maximum atomic E-state index is 13.1. The van der Waals surface area contributed by atoms with E-state index in [1.807, 2.05) is 65.0 Å². The van der Waals surface area contributed by atoms with Crippen molar-refractivity contribution in [2.24, 2.45) is 5.73 Å². The topological polar surface area (TPSA) is 66.6 Å². The van der Waals surface area contributed by atoms with Crippen molar-refractivity contribution in [1.29, 1.82) is 0 Å². The molecule has 1 fully saturated rings. The molecule has 0 bridgehead atoms. The zero-order valence-corrected chi connectivity index (χ0v) is 16.1. The fraction of sp³-hybridized carbons (Fsp3) is 0.600. The number of amides is 2. The van der Waals surface area contributed by atoms with Gasteiger partial charge in [0, 0.05) is 30.2 Å². The van der Waals surface area contributed by atoms with E-state index in [-0.39, 0.29) is 6.04 Å². The SMILES string of the molecule is CCN(Cc1ccccc1)C(=O)C(=O)N1C(C)(C)CC(N)CC1(C)C. The molecule has 1 saturated heterocycles. The van der Waals surface area contributed by atoms with Crippen LogP contribution in [0.2, 0.25) is 0 Å². The van der Waals surface area contributed by atoms with Gasteiger partial charge in [-0.05, 0) is 53.0 Å². The van der Waals surface area contributed by atoms with Gasteiger partial charge in [-0.1, -0.05) is 30.3 Å². The second-order valence-electron chi connectivity index (χ2n) is 8.24. The lowest BCUT2D eigenvalue weighted by Crippen LogP contribution is -2.67. The largest absolute Gasteiger partial charge is 0.330 e. The molecule has 0 radical (unpaired) electrons. The van der Waals surface area contributed by atoms with Gasteiger partial charge in [-0.2, -0.15) is 0 Å². The van der Waals surface area contributed by atoms with E-state index >= 15 is 0 Å². The molecule has 138 valence electrons. The maximum Gasteiger partial charge on any atom is 0.313 e. The molecule has 1 aromatic rings. The number of piperidine rings is 1. The molecule has 2 N–H and O–H groups in total. The van der Waals surface area contributed by atoms with Crippen molar-refractivity contribution >= 4 is 11.8 Å². The highest BCUT2D eigenvalue weighted by molar-refractivity contribution is 6.35. The normalized spacial score (nSPS) is 19.5. The Kier molecular flexibility index (Phi) is 5.57. The van der Waals surface area contributed by atoms with Crippen LogP contribution in [0.25, 0.3) is 0 Å². The summed E-state index contributed by atoms with van der Waals surface area (Å²) in [5, 5.41) is 0. The van der Waals surface area contributed by atoms with Crippen molar-refractivity contribution in [3.63, 3.8) is 0 Å². The average molecular weight is 345 g/mol. The molecule has 2 rings (SSSR count). The molecule has 5 heteroatoms. The third-order valence-electron chi connectivity index (χ3n) is 5.01. The van der Waals surface area contributed by atoms with Crippen LogP contribution in [0.4, 0.5) is 0 Å². The van der Waals surface area contributed by atoms with Gasteiger partial charge in [0.25, 0.3) is 0 Å². The van der Waals surface area contributed by atoms with Crippen molar-refractivity contribution in [2.45, 2.75) is 71.1 Å². The molecule has 1 aliphatic heterocycles. The van der Waals surface area contributed by atoms with Crippen LogP contribution in [0, 0.1) is 0 Å². The summed E-state index contributed by atoms with van der Waals surface area (Å²) >= 11 is 0. The predicted molar refractivity (Wildman–Crippen MR) is 99.7 cm³/mol. The van der Waals surface area contributed by atoms with Crippen LogP contribution in [-0.2, 0) is 16.1 Å². The number of benzene rings is 1. The molecule has 0 atom stereocenters. The predicted octanol–water partition coefficient (Wildman–Crippen LogP) is 2.54. The molecule has 0 saturated carbocycles. The first-order valence-electron chi connectivity index (χ1n) is 9.01. The van der Waals surface area contributed by atoms with Crippen molar-refractivity contribution in [3.8, 4) is 0 Å². The second kappa shape index (κ2) is 7.16. The molecule has 5 nitrogen and oxygen atoms in total. The third-order valence-corrected chi connectivity index (χ3v) is 5.01. The van der Waals surface area contributed by atoms with E-state index in [9.17, 15) is 9.59 Å². The Balaban J connectivity index is 2.23. The van der Waals surface area contributed by atoms with E-state index in [1.54, 1.807) is 9.80 Å². The quantitative estimate of drug-likeness (QED) is 0.856. The van der Waals surface area contributed by atoms with Crippen LogP contribution < -0.4 is 5.73 Å². The number of likely N-dealkylation sites (tertiary alicyclic amines) is 1. The van der Waals surface area contributed by atoms with Crippen molar-refractivity contribution < 1.29 is 9.59 Å². The van der Waals surface area contributed by atoms with Crippen LogP contribution in [0.15, 0.2) is 30.3 Å². The van der Waals surface area contributed by atoms with Crippen LogP contribution in [0.3, 0.4) is 0 Å². The minimum atomic E-state index is -0.444. The van der Waals surface area contributed by atoms with Gasteiger partial charge in [-0.15, -0.1) is 0 Å². The van der Waals surface area contributed by atoms with Gasteiger partial charge in [0.05, 0.1) is 0 Å². The number of carbonyl (C=O) groups excluding carboxylic acids is 2. The zero-order valence-electron chi connectivity index (χ0n) is 16.1. The fourth-order valence-electron chi connectivity index (χ4n) is 4.27. The molecule has 0 aromatic heterocycles. The van der Waals surface area contributed by atoms with Gasteiger partial charge >= 0.3 is 11.8 Å². The summed E-state index contributed by atoms with van der Waals surface area (Å²) in [6.45, 7) is 10.8. The molecule has 2 amide bonds. The highest BCUT2D eigenvalue weighted by Gasteiger charge is 2.49. The number of nitrogens with zero attached hydrogens (tertiary/aromatic N) is 2. The van der Waals surface area contributed by atoms with Gasteiger partial charge in [0.2, 0.25) is 0 Å². The summed E-state index contributed by atoms with van der Waals surface area (Å²) in [7, 11) is 0. The first-order chi connectivity index (χ1) is 11.6. The lowest BCUT2D eigenvalue weighted by Gasteiger charge is -2.54. The number of likely N-dealkylation sites (N-methyl/N-ethyl adjacent to an activating group) is 1. The Bertz CT molecular complexity index is 607. The lowest BCUT2D eigenvalue weighted by molar-refractivity contribution is -0.164. The number of nitrogens with two attached hydrogens (primary N) is 1. The summed E-state index contributed by atoms with van der Waals surface area (Å²) < 4.78 is 0. The summed E-state index contributed by atoms with van der Waals surface area (Å²) in [5.41, 5.74) is 6.31. The van der Waals surface area contributed by atoms with E-state index in [0.717, 1.165) is 5.56 Å². The smallest absolute Gasteiger partial charge is 0.313 e. The minimum Gasteiger partial charge on any atom is -0.330 e. The molecular formula is C20H31N3O2. The maximum absolute atomic E-state index is 13.1. The molecule has 25 heavy (non-hydrogen) atoms. The Morgan fingerprint density at radius 3 is 2.12 bits per heavy atom. The first-order valence-corrected chi connectivity index (χ1v) is 9.01. The Labute approximate surface area is 151 Å².